The number of nitro benzene ring substituents is 1. The molecular weight excluding hydrogens is 378 g/mol. The third-order valence-corrected chi connectivity index (χ3v) is 6.11. The summed E-state index contributed by atoms with van der Waals surface area (Å²) in [5.41, 5.74) is 1.14. The molecule has 9 nitrogen and oxygen atoms in total. The molecule has 1 aromatic carbocycles. The quantitative estimate of drug-likeness (QED) is 0.431. The molecule has 4 rings (SSSR count). The summed E-state index contributed by atoms with van der Waals surface area (Å²) < 4.78 is 4.47. The van der Waals surface area contributed by atoms with Crippen molar-refractivity contribution in [2.24, 2.45) is 0 Å². The van der Waals surface area contributed by atoms with Crippen molar-refractivity contribution in [3.05, 3.63) is 39.2 Å². The van der Waals surface area contributed by atoms with Crippen LogP contribution in [0.1, 0.15) is 38.1 Å². The number of aromatic nitrogens is 4. The molecule has 0 unspecified atom stereocenters. The third kappa shape index (κ3) is 4.07. The van der Waals surface area contributed by atoms with Gasteiger partial charge in [-0.25, -0.2) is 9.36 Å². The van der Waals surface area contributed by atoms with E-state index < -0.39 is 0 Å². The Kier molecular flexibility index (Phi) is 5.67. The third-order valence-electron chi connectivity index (χ3n) is 5.71. The van der Waals surface area contributed by atoms with Crippen molar-refractivity contribution in [2.75, 3.05) is 31.1 Å². The molecule has 2 aromatic rings. The first kappa shape index (κ1) is 19.0. The van der Waals surface area contributed by atoms with E-state index in [1.165, 1.54) is 19.3 Å². The lowest BCUT2D eigenvalue weighted by Crippen LogP contribution is -2.47. The number of nitro groups is 1. The predicted octanol–water partition coefficient (Wildman–Crippen LogP) is 3.00. The summed E-state index contributed by atoms with van der Waals surface area (Å²) in [7, 11) is 0. The van der Waals surface area contributed by atoms with Crippen molar-refractivity contribution < 1.29 is 4.92 Å². The maximum atomic E-state index is 10.8. The van der Waals surface area contributed by atoms with Crippen molar-refractivity contribution >= 4 is 23.6 Å². The van der Waals surface area contributed by atoms with Gasteiger partial charge in [0.15, 0.2) is 0 Å². The number of anilines is 1. The van der Waals surface area contributed by atoms with E-state index in [1.54, 1.807) is 12.1 Å². The van der Waals surface area contributed by atoms with Gasteiger partial charge >= 0.3 is 0 Å². The highest BCUT2D eigenvalue weighted by molar-refractivity contribution is 7.71. The highest BCUT2D eigenvalue weighted by Gasteiger charge is 2.21. The number of non-ortho nitro benzene ring substituents is 1. The van der Waals surface area contributed by atoms with Crippen LogP contribution in [0.3, 0.4) is 0 Å². The molecule has 0 spiro atoms. The normalized spacial score (nSPS) is 19.1. The predicted molar refractivity (Wildman–Crippen MR) is 108 cm³/mol. The van der Waals surface area contributed by atoms with E-state index in [0.29, 0.717) is 17.5 Å². The zero-order valence-corrected chi connectivity index (χ0v) is 16.6. The minimum atomic E-state index is -0.369. The summed E-state index contributed by atoms with van der Waals surface area (Å²) in [4.78, 5) is 15.0. The molecule has 1 aliphatic heterocycles. The molecule has 1 saturated heterocycles. The summed E-state index contributed by atoms with van der Waals surface area (Å²) in [6.45, 7) is 4.15. The fourth-order valence-electron chi connectivity index (χ4n) is 4.05. The maximum absolute atomic E-state index is 10.8. The van der Waals surface area contributed by atoms with Crippen molar-refractivity contribution in [3.63, 3.8) is 0 Å². The van der Waals surface area contributed by atoms with Gasteiger partial charge in [0.2, 0.25) is 4.77 Å². The molecule has 2 heterocycles. The zero-order valence-electron chi connectivity index (χ0n) is 15.8. The van der Waals surface area contributed by atoms with E-state index in [0.717, 1.165) is 44.7 Å². The Morgan fingerprint density at radius 1 is 1.04 bits per heavy atom. The Morgan fingerprint density at radius 2 is 1.71 bits per heavy atom. The molecular formula is C18H25N7O2S. The number of benzene rings is 1. The van der Waals surface area contributed by atoms with Crippen LogP contribution in [0, 0.1) is 14.9 Å². The monoisotopic (exact) mass is 403 g/mol. The van der Waals surface area contributed by atoms with Crippen LogP contribution in [-0.2, 0) is 6.67 Å². The minimum absolute atomic E-state index is 0.123. The van der Waals surface area contributed by atoms with Gasteiger partial charge in [0.05, 0.1) is 17.6 Å². The molecule has 0 bridgehead atoms. The van der Waals surface area contributed by atoms with Crippen LogP contribution in [0.15, 0.2) is 24.3 Å². The van der Waals surface area contributed by atoms with E-state index in [9.17, 15) is 10.1 Å². The highest BCUT2D eigenvalue weighted by atomic mass is 32.1. The van der Waals surface area contributed by atoms with Crippen LogP contribution in [0.4, 0.5) is 11.4 Å². The molecule has 10 heteroatoms. The van der Waals surface area contributed by atoms with E-state index >= 15 is 0 Å². The average molecular weight is 404 g/mol. The maximum Gasteiger partial charge on any atom is 0.269 e. The lowest BCUT2D eigenvalue weighted by atomic mass is 9.96. The largest absolute Gasteiger partial charge is 0.369 e. The molecule has 0 amide bonds. The summed E-state index contributed by atoms with van der Waals surface area (Å²) in [6, 6.07) is 7.16. The van der Waals surface area contributed by atoms with Crippen molar-refractivity contribution in [2.45, 2.75) is 44.8 Å². The molecule has 2 fully saturated rings. The summed E-state index contributed by atoms with van der Waals surface area (Å²) in [6.07, 6.45) is 6.06. The molecule has 1 aliphatic carbocycles. The number of hydrogen-bond acceptors (Lipinski definition) is 7. The minimum Gasteiger partial charge on any atom is -0.369 e. The second-order valence-electron chi connectivity index (χ2n) is 7.52. The van der Waals surface area contributed by atoms with Crippen molar-refractivity contribution in [3.8, 4) is 0 Å². The summed E-state index contributed by atoms with van der Waals surface area (Å²) in [5.74, 6) is 0. The summed E-state index contributed by atoms with van der Waals surface area (Å²) >= 11 is 5.62. The lowest BCUT2D eigenvalue weighted by molar-refractivity contribution is -0.384. The van der Waals surface area contributed by atoms with Crippen LogP contribution < -0.4 is 4.90 Å². The lowest BCUT2D eigenvalue weighted by Gasteiger charge is -2.35. The van der Waals surface area contributed by atoms with Gasteiger partial charge in [0, 0.05) is 44.0 Å². The first-order chi connectivity index (χ1) is 13.6. The number of nitrogens with zero attached hydrogens (tertiary/aromatic N) is 7. The summed E-state index contributed by atoms with van der Waals surface area (Å²) in [5, 5.41) is 19.4. The second kappa shape index (κ2) is 8.36. The van der Waals surface area contributed by atoms with E-state index in [4.69, 9.17) is 12.2 Å². The van der Waals surface area contributed by atoms with Crippen LogP contribution in [-0.4, -0.2) is 55.8 Å². The Bertz CT molecular complexity index is 865. The van der Waals surface area contributed by atoms with Crippen LogP contribution >= 0.6 is 12.2 Å². The first-order valence-electron chi connectivity index (χ1n) is 9.86. The molecule has 0 N–H and O–H groups in total. The van der Waals surface area contributed by atoms with Gasteiger partial charge in [0.1, 0.15) is 0 Å². The molecule has 2 aliphatic rings. The van der Waals surface area contributed by atoms with E-state index in [-0.39, 0.29) is 10.6 Å². The number of piperazine rings is 1. The Morgan fingerprint density at radius 3 is 2.36 bits per heavy atom. The Labute approximate surface area is 168 Å². The molecule has 0 atom stereocenters. The molecule has 1 aromatic heterocycles. The van der Waals surface area contributed by atoms with Gasteiger partial charge in [-0.1, -0.05) is 19.3 Å². The van der Waals surface area contributed by atoms with Crippen LogP contribution in [0.25, 0.3) is 0 Å². The van der Waals surface area contributed by atoms with Gasteiger partial charge in [-0.3, -0.25) is 15.0 Å². The number of rotatable bonds is 5. The fourth-order valence-corrected chi connectivity index (χ4v) is 4.33. The van der Waals surface area contributed by atoms with Crippen LogP contribution in [0.2, 0.25) is 0 Å². The highest BCUT2D eigenvalue weighted by Crippen LogP contribution is 2.27. The average Bonchev–Trinajstić information content (AvgIpc) is 3.09. The SMILES string of the molecule is O=[N+]([O-])c1ccc(N2CCN(Cn3nnn(C4CCCCC4)c3=S)CC2)cc1. The fraction of sp³-hybridized carbons (Fsp3) is 0.611. The number of hydrogen-bond donors (Lipinski definition) is 0. The van der Waals surface area contributed by atoms with E-state index in [1.807, 2.05) is 21.5 Å². The first-order valence-corrected chi connectivity index (χ1v) is 10.3. The second-order valence-corrected chi connectivity index (χ2v) is 7.88. The van der Waals surface area contributed by atoms with Gasteiger partial charge in [-0.2, -0.15) is 0 Å². The van der Waals surface area contributed by atoms with Crippen molar-refractivity contribution in [1.29, 1.82) is 0 Å². The van der Waals surface area contributed by atoms with Crippen molar-refractivity contribution in [1.82, 2.24) is 24.7 Å². The topological polar surface area (TPSA) is 85.3 Å². The molecule has 1 saturated carbocycles. The number of tetrazole rings is 1. The Hall–Kier alpha value is -2.33. The molecule has 28 heavy (non-hydrogen) atoms. The van der Waals surface area contributed by atoms with Gasteiger partial charge in [-0.05, 0) is 47.6 Å². The van der Waals surface area contributed by atoms with Crippen LogP contribution in [0.5, 0.6) is 0 Å². The van der Waals surface area contributed by atoms with Gasteiger partial charge in [0.25, 0.3) is 5.69 Å². The standard InChI is InChI=1S/C18H25N7O2S/c26-25(27)17-8-6-15(7-9-17)22-12-10-21(11-13-22)14-23-18(28)24(20-19-23)16-4-2-1-3-5-16/h6-9,16H,1-5,10-14H2. The molecule has 150 valence electrons. The van der Waals surface area contributed by atoms with E-state index in [2.05, 4.69) is 20.2 Å². The zero-order chi connectivity index (χ0) is 19.5. The smallest absolute Gasteiger partial charge is 0.269 e. The van der Waals surface area contributed by atoms with Gasteiger partial charge in [-0.15, -0.1) is 0 Å². The van der Waals surface area contributed by atoms with Gasteiger partial charge < -0.3 is 4.90 Å². The Balaban J connectivity index is 1.34. The molecule has 0 radical (unpaired) electrons.